The van der Waals surface area contributed by atoms with E-state index in [1.54, 1.807) is 30.2 Å². The number of hydrogen-bond acceptors (Lipinski definition) is 7. The van der Waals surface area contributed by atoms with Gasteiger partial charge in [-0.25, -0.2) is 0 Å². The predicted octanol–water partition coefficient (Wildman–Crippen LogP) is 4.07. The van der Waals surface area contributed by atoms with E-state index < -0.39 is 4.92 Å². The van der Waals surface area contributed by atoms with Gasteiger partial charge in [0.05, 0.1) is 18.0 Å². The van der Waals surface area contributed by atoms with Crippen molar-refractivity contribution < 1.29 is 19.0 Å². The zero-order valence-electron chi connectivity index (χ0n) is 17.5. The highest BCUT2D eigenvalue weighted by Crippen LogP contribution is 2.28. The predicted molar refractivity (Wildman–Crippen MR) is 117 cm³/mol. The molecule has 0 bridgehead atoms. The molecule has 1 atom stereocenters. The second kappa shape index (κ2) is 9.42. The molecule has 1 saturated heterocycles. The van der Waals surface area contributed by atoms with Crippen LogP contribution in [0.4, 0.5) is 5.69 Å². The summed E-state index contributed by atoms with van der Waals surface area (Å²) in [5.41, 5.74) is 1.53. The van der Waals surface area contributed by atoms with Crippen molar-refractivity contribution in [3.8, 4) is 17.1 Å². The Morgan fingerprint density at radius 2 is 2.09 bits per heavy atom. The van der Waals surface area contributed by atoms with Gasteiger partial charge in [0, 0.05) is 36.9 Å². The van der Waals surface area contributed by atoms with Gasteiger partial charge in [-0.2, -0.15) is 4.98 Å². The van der Waals surface area contributed by atoms with E-state index in [2.05, 4.69) is 10.1 Å². The van der Waals surface area contributed by atoms with Crippen molar-refractivity contribution in [2.24, 2.45) is 0 Å². The molecule has 0 radical (unpaired) electrons. The highest BCUT2D eigenvalue weighted by Gasteiger charge is 2.28. The molecule has 1 aromatic heterocycles. The molecule has 1 aliphatic rings. The number of likely N-dealkylation sites (tertiary alicyclic amines) is 1. The van der Waals surface area contributed by atoms with Crippen LogP contribution in [-0.4, -0.2) is 46.1 Å². The normalized spacial score (nSPS) is 16.3. The van der Waals surface area contributed by atoms with E-state index in [9.17, 15) is 14.9 Å². The first-order valence-corrected chi connectivity index (χ1v) is 10.2. The molecule has 9 heteroatoms. The van der Waals surface area contributed by atoms with Crippen molar-refractivity contribution in [3.63, 3.8) is 0 Å². The summed E-state index contributed by atoms with van der Waals surface area (Å²) >= 11 is 0. The monoisotopic (exact) mass is 434 g/mol. The molecule has 164 valence electrons. The van der Waals surface area contributed by atoms with Gasteiger partial charge >= 0.3 is 0 Å². The van der Waals surface area contributed by atoms with Gasteiger partial charge in [-0.15, -0.1) is 0 Å². The Morgan fingerprint density at radius 3 is 2.84 bits per heavy atom. The Kier molecular flexibility index (Phi) is 6.25. The molecule has 0 N–H and O–H groups in total. The van der Waals surface area contributed by atoms with Gasteiger partial charge in [0.25, 0.3) is 5.69 Å². The van der Waals surface area contributed by atoms with E-state index in [0.717, 1.165) is 24.0 Å². The molecular formula is C23H22N4O5. The summed E-state index contributed by atoms with van der Waals surface area (Å²) in [5.74, 6) is 1.55. The van der Waals surface area contributed by atoms with Crippen LogP contribution >= 0.6 is 0 Å². The van der Waals surface area contributed by atoms with Gasteiger partial charge in [-0.1, -0.05) is 17.3 Å². The van der Waals surface area contributed by atoms with E-state index in [0.29, 0.717) is 30.6 Å². The highest BCUT2D eigenvalue weighted by atomic mass is 16.6. The van der Waals surface area contributed by atoms with Crippen molar-refractivity contribution >= 4 is 17.7 Å². The molecule has 4 rings (SSSR count). The van der Waals surface area contributed by atoms with Crippen LogP contribution in [0.1, 0.15) is 30.2 Å². The maximum Gasteiger partial charge on any atom is 0.269 e. The number of carbonyl (C=O) groups excluding carboxylic acids is 1. The van der Waals surface area contributed by atoms with Crippen LogP contribution in [0.15, 0.2) is 59.1 Å². The first-order chi connectivity index (χ1) is 15.5. The third kappa shape index (κ3) is 4.83. The van der Waals surface area contributed by atoms with Crippen LogP contribution in [0, 0.1) is 10.1 Å². The zero-order chi connectivity index (χ0) is 22.5. The fourth-order valence-corrected chi connectivity index (χ4v) is 3.64. The number of methoxy groups -OCH3 is 1. The van der Waals surface area contributed by atoms with E-state index in [1.807, 2.05) is 24.3 Å². The fourth-order valence-electron chi connectivity index (χ4n) is 3.64. The number of non-ortho nitro benzene ring substituents is 1. The molecule has 3 aromatic rings. The van der Waals surface area contributed by atoms with Gasteiger partial charge < -0.3 is 14.2 Å². The summed E-state index contributed by atoms with van der Waals surface area (Å²) in [4.78, 5) is 29.3. The summed E-state index contributed by atoms with van der Waals surface area (Å²) in [6, 6.07) is 13.5. The zero-order valence-corrected chi connectivity index (χ0v) is 17.5. The molecule has 32 heavy (non-hydrogen) atoms. The van der Waals surface area contributed by atoms with Crippen LogP contribution < -0.4 is 4.74 Å². The molecule has 1 fully saturated rings. The van der Waals surface area contributed by atoms with Crippen molar-refractivity contribution in [3.05, 3.63) is 76.2 Å². The fraction of sp³-hybridized carbons (Fsp3) is 0.261. The Bertz CT molecular complexity index is 1140. The van der Waals surface area contributed by atoms with Gasteiger partial charge in [0.15, 0.2) is 0 Å². The largest absolute Gasteiger partial charge is 0.497 e. The maximum absolute atomic E-state index is 12.7. The third-order valence-corrected chi connectivity index (χ3v) is 5.37. The van der Waals surface area contributed by atoms with Crippen molar-refractivity contribution in [2.45, 2.75) is 18.8 Å². The minimum atomic E-state index is -0.455. The van der Waals surface area contributed by atoms with Crippen LogP contribution in [0.5, 0.6) is 5.75 Å². The highest BCUT2D eigenvalue weighted by molar-refractivity contribution is 5.91. The Morgan fingerprint density at radius 1 is 1.28 bits per heavy atom. The molecule has 1 amide bonds. The number of rotatable bonds is 6. The number of carbonyl (C=O) groups is 1. The van der Waals surface area contributed by atoms with Crippen molar-refractivity contribution in [2.75, 3.05) is 20.2 Å². The Balaban J connectivity index is 1.41. The standard InChI is InChI=1S/C23H22N4O5/c1-31-20-6-2-4-17(14-20)22-24-23(32-25-22)18-5-3-13-26(15-18)21(28)12-9-16-7-10-19(11-8-16)27(29)30/h2,4,6-12,14,18H,3,5,13,15H2,1H3/b12-9+. The number of benzene rings is 2. The topological polar surface area (TPSA) is 112 Å². The lowest BCUT2D eigenvalue weighted by Crippen LogP contribution is -2.38. The minimum absolute atomic E-state index is 0.0141. The van der Waals surface area contributed by atoms with Crippen molar-refractivity contribution in [1.29, 1.82) is 0 Å². The number of piperidine rings is 1. The number of nitrogens with zero attached hydrogens (tertiary/aromatic N) is 4. The summed E-state index contributed by atoms with van der Waals surface area (Å²) in [5, 5.41) is 14.8. The summed E-state index contributed by atoms with van der Waals surface area (Å²) < 4.78 is 10.8. The molecule has 0 saturated carbocycles. The summed E-state index contributed by atoms with van der Waals surface area (Å²) in [7, 11) is 1.60. The molecule has 2 aromatic carbocycles. The second-order valence-corrected chi connectivity index (χ2v) is 7.49. The molecule has 0 aliphatic carbocycles. The lowest BCUT2D eigenvalue weighted by molar-refractivity contribution is -0.384. The third-order valence-electron chi connectivity index (χ3n) is 5.37. The lowest BCUT2D eigenvalue weighted by atomic mass is 9.98. The number of amides is 1. The van der Waals surface area contributed by atoms with Crippen LogP contribution in [0.25, 0.3) is 17.5 Å². The summed E-state index contributed by atoms with van der Waals surface area (Å²) in [6.07, 6.45) is 4.83. The molecule has 1 unspecified atom stereocenters. The van der Waals surface area contributed by atoms with Gasteiger partial charge in [0.2, 0.25) is 17.6 Å². The quantitative estimate of drug-likeness (QED) is 0.326. The van der Waals surface area contributed by atoms with Gasteiger partial charge in [0.1, 0.15) is 5.75 Å². The van der Waals surface area contributed by atoms with Crippen LogP contribution in [0.3, 0.4) is 0 Å². The smallest absolute Gasteiger partial charge is 0.269 e. The number of ether oxygens (including phenoxy) is 1. The number of hydrogen-bond donors (Lipinski definition) is 0. The maximum atomic E-state index is 12.7. The average Bonchev–Trinajstić information content (AvgIpc) is 3.33. The Labute approximate surface area is 184 Å². The summed E-state index contributed by atoms with van der Waals surface area (Å²) in [6.45, 7) is 1.14. The second-order valence-electron chi connectivity index (χ2n) is 7.49. The molecule has 1 aliphatic heterocycles. The lowest BCUT2D eigenvalue weighted by Gasteiger charge is -2.30. The van der Waals surface area contributed by atoms with E-state index in [-0.39, 0.29) is 17.5 Å². The minimum Gasteiger partial charge on any atom is -0.497 e. The first-order valence-electron chi connectivity index (χ1n) is 10.2. The van der Waals surface area contributed by atoms with E-state index in [4.69, 9.17) is 9.26 Å². The van der Waals surface area contributed by atoms with E-state index in [1.165, 1.54) is 18.2 Å². The van der Waals surface area contributed by atoms with Crippen LogP contribution in [0.2, 0.25) is 0 Å². The van der Waals surface area contributed by atoms with Gasteiger partial charge in [-0.05, 0) is 48.7 Å². The van der Waals surface area contributed by atoms with Crippen LogP contribution in [-0.2, 0) is 4.79 Å². The molecule has 0 spiro atoms. The molecule has 9 nitrogen and oxygen atoms in total. The Hall–Kier alpha value is -4.01. The number of nitro groups is 1. The van der Waals surface area contributed by atoms with Gasteiger partial charge in [-0.3, -0.25) is 14.9 Å². The first kappa shape index (κ1) is 21.2. The van der Waals surface area contributed by atoms with Crippen molar-refractivity contribution in [1.82, 2.24) is 15.0 Å². The molecular weight excluding hydrogens is 412 g/mol. The average molecular weight is 434 g/mol. The number of aromatic nitrogens is 2. The molecule has 2 heterocycles. The SMILES string of the molecule is COc1cccc(-c2noc(C3CCCN(C(=O)/C=C/c4ccc([N+](=O)[O-])cc4)C3)n2)c1. The van der Waals surface area contributed by atoms with E-state index >= 15 is 0 Å². The number of nitro benzene ring substituents is 1.